The quantitative estimate of drug-likeness (QED) is 0.818. The number of nitrogens with two attached hydrogens (primary N) is 2. The van der Waals surface area contributed by atoms with E-state index >= 15 is 0 Å². The summed E-state index contributed by atoms with van der Waals surface area (Å²) in [5.41, 5.74) is 1.15. The van der Waals surface area contributed by atoms with E-state index in [2.05, 4.69) is 10.1 Å². The lowest BCUT2D eigenvalue weighted by molar-refractivity contribution is -0.140. The maximum atomic E-state index is 12.7. The van der Waals surface area contributed by atoms with Gasteiger partial charge in [0, 0.05) is 6.54 Å². The van der Waals surface area contributed by atoms with Crippen molar-refractivity contribution in [1.29, 1.82) is 0 Å². The van der Waals surface area contributed by atoms with Gasteiger partial charge in [-0.3, -0.25) is 0 Å². The third-order valence-corrected chi connectivity index (χ3v) is 3.06. The van der Waals surface area contributed by atoms with Gasteiger partial charge < -0.3 is 5.73 Å². The van der Waals surface area contributed by atoms with Gasteiger partial charge in [-0.05, 0) is 6.07 Å². The molecule has 0 aliphatic rings. The summed E-state index contributed by atoms with van der Waals surface area (Å²) < 4.78 is 85.6. The summed E-state index contributed by atoms with van der Waals surface area (Å²) >= 11 is 0. The number of primary sulfonamides is 1. The molecule has 4 N–H and O–H groups in total. The third kappa shape index (κ3) is 3.36. The number of nitrogens with zero attached hydrogens (tertiary/aromatic N) is 1. The van der Waals surface area contributed by atoms with Crippen LogP contribution in [-0.4, -0.2) is 13.4 Å². The molecule has 108 valence electrons. The standard InChI is InChI=1S/C8H8F5N3O2S/c9-7(10)5-6(19(15,17)18)4(8(11,12)13)1-3(2-14)16-5/h1,7H,2,14H2,(H2,15,17,18). The van der Waals surface area contributed by atoms with Crippen molar-refractivity contribution in [1.82, 2.24) is 4.98 Å². The highest BCUT2D eigenvalue weighted by atomic mass is 32.2. The fourth-order valence-electron chi connectivity index (χ4n) is 1.37. The second-order valence-corrected chi connectivity index (χ2v) is 4.92. The molecule has 5 nitrogen and oxygen atoms in total. The first-order valence-corrected chi connectivity index (χ1v) is 6.15. The van der Waals surface area contributed by atoms with Crippen LogP contribution in [0.25, 0.3) is 0 Å². The van der Waals surface area contributed by atoms with Crippen molar-refractivity contribution >= 4 is 10.0 Å². The minimum absolute atomic E-state index is 0.283. The Morgan fingerprint density at radius 3 is 2.16 bits per heavy atom. The predicted octanol–water partition coefficient (Wildman–Crippen LogP) is 1.14. The Balaban J connectivity index is 3.83. The van der Waals surface area contributed by atoms with E-state index in [1.165, 1.54) is 0 Å². The fourth-order valence-corrected chi connectivity index (χ4v) is 2.28. The molecule has 19 heavy (non-hydrogen) atoms. The summed E-state index contributed by atoms with van der Waals surface area (Å²) in [6.45, 7) is -0.562. The number of alkyl halides is 5. The largest absolute Gasteiger partial charge is 0.417 e. The average molecular weight is 305 g/mol. The van der Waals surface area contributed by atoms with Crippen molar-refractivity contribution < 1.29 is 30.4 Å². The van der Waals surface area contributed by atoms with E-state index in [1.54, 1.807) is 0 Å². The molecule has 0 amide bonds. The van der Waals surface area contributed by atoms with Crippen LogP contribution in [0.2, 0.25) is 0 Å². The number of aromatic nitrogens is 1. The van der Waals surface area contributed by atoms with Crippen LogP contribution in [0.4, 0.5) is 22.0 Å². The Kier molecular flexibility index (Phi) is 4.12. The Morgan fingerprint density at radius 1 is 1.32 bits per heavy atom. The normalized spacial score (nSPS) is 13.1. The van der Waals surface area contributed by atoms with Crippen molar-refractivity contribution in [2.45, 2.75) is 24.0 Å². The van der Waals surface area contributed by atoms with Crippen LogP contribution in [0.5, 0.6) is 0 Å². The first kappa shape index (κ1) is 15.7. The van der Waals surface area contributed by atoms with Crippen molar-refractivity contribution in [3.63, 3.8) is 0 Å². The zero-order valence-electron chi connectivity index (χ0n) is 9.08. The highest BCUT2D eigenvalue weighted by Gasteiger charge is 2.40. The zero-order valence-corrected chi connectivity index (χ0v) is 9.89. The zero-order chi connectivity index (χ0) is 15.0. The van der Waals surface area contributed by atoms with E-state index in [4.69, 9.17) is 5.73 Å². The van der Waals surface area contributed by atoms with E-state index in [0.29, 0.717) is 0 Å². The van der Waals surface area contributed by atoms with Gasteiger partial charge in [0.15, 0.2) is 0 Å². The van der Waals surface area contributed by atoms with Crippen molar-refractivity contribution in [3.8, 4) is 0 Å². The molecule has 1 rings (SSSR count). The van der Waals surface area contributed by atoms with Crippen molar-refractivity contribution in [3.05, 3.63) is 23.0 Å². The van der Waals surface area contributed by atoms with Crippen molar-refractivity contribution in [2.75, 3.05) is 0 Å². The topological polar surface area (TPSA) is 99.1 Å². The molecule has 1 aromatic heterocycles. The van der Waals surface area contributed by atoms with E-state index in [9.17, 15) is 30.4 Å². The van der Waals surface area contributed by atoms with Gasteiger partial charge in [-0.25, -0.2) is 27.3 Å². The van der Waals surface area contributed by atoms with Crippen LogP contribution < -0.4 is 10.9 Å². The molecule has 0 aliphatic carbocycles. The molecule has 11 heteroatoms. The summed E-state index contributed by atoms with van der Waals surface area (Å²) in [5, 5.41) is 4.55. The Bertz CT molecular complexity index is 585. The predicted molar refractivity (Wildman–Crippen MR) is 53.5 cm³/mol. The minimum atomic E-state index is -5.18. The molecule has 0 radical (unpaired) electrons. The molecule has 0 aliphatic heterocycles. The van der Waals surface area contributed by atoms with Crippen LogP contribution in [0.1, 0.15) is 23.4 Å². The molecule has 0 aromatic carbocycles. The first-order valence-electron chi connectivity index (χ1n) is 4.60. The van der Waals surface area contributed by atoms with Gasteiger partial charge in [-0.2, -0.15) is 13.2 Å². The maximum Gasteiger partial charge on any atom is 0.417 e. The van der Waals surface area contributed by atoms with Gasteiger partial charge in [-0.15, -0.1) is 0 Å². The lowest BCUT2D eigenvalue weighted by atomic mass is 10.1. The lowest BCUT2D eigenvalue weighted by Gasteiger charge is -2.15. The number of pyridine rings is 1. The molecule has 0 saturated carbocycles. The molecule has 0 fully saturated rings. The molecular weight excluding hydrogens is 297 g/mol. The Morgan fingerprint density at radius 2 is 1.84 bits per heavy atom. The highest BCUT2D eigenvalue weighted by Crippen LogP contribution is 2.37. The average Bonchev–Trinajstić information content (AvgIpc) is 2.24. The van der Waals surface area contributed by atoms with Crippen molar-refractivity contribution in [2.24, 2.45) is 10.9 Å². The van der Waals surface area contributed by atoms with Gasteiger partial charge in [0.1, 0.15) is 10.6 Å². The number of hydrogen-bond donors (Lipinski definition) is 2. The smallest absolute Gasteiger partial charge is 0.325 e. The van der Waals surface area contributed by atoms with E-state index < -0.39 is 51.0 Å². The SMILES string of the molecule is NCc1cc(C(F)(F)F)c(S(N)(=O)=O)c(C(F)F)n1. The van der Waals surface area contributed by atoms with Gasteiger partial charge in [0.05, 0.1) is 11.3 Å². The number of sulfonamides is 1. The second-order valence-electron chi connectivity index (χ2n) is 3.42. The number of halogens is 5. The summed E-state index contributed by atoms with van der Waals surface area (Å²) in [4.78, 5) is 1.37. The number of rotatable bonds is 3. The van der Waals surface area contributed by atoms with E-state index in [0.717, 1.165) is 0 Å². The summed E-state index contributed by atoms with van der Waals surface area (Å²) in [7, 11) is -5.02. The van der Waals surface area contributed by atoms with Gasteiger partial charge >= 0.3 is 6.18 Å². The first-order chi connectivity index (χ1) is 8.48. The molecule has 0 atom stereocenters. The maximum absolute atomic E-state index is 12.7. The third-order valence-electron chi connectivity index (χ3n) is 2.06. The van der Waals surface area contributed by atoms with Crippen LogP contribution in [0, 0.1) is 0 Å². The Hall–Kier alpha value is -1.33. The summed E-state index contributed by atoms with van der Waals surface area (Å²) in [5.74, 6) is 0. The van der Waals surface area contributed by atoms with Gasteiger partial charge in [-0.1, -0.05) is 0 Å². The van der Waals surface area contributed by atoms with Crippen LogP contribution in [-0.2, 0) is 22.7 Å². The second kappa shape index (κ2) is 4.98. The van der Waals surface area contributed by atoms with E-state index in [-0.39, 0.29) is 6.07 Å². The monoisotopic (exact) mass is 305 g/mol. The number of hydrogen-bond acceptors (Lipinski definition) is 4. The van der Waals surface area contributed by atoms with Gasteiger partial charge in [0.25, 0.3) is 6.43 Å². The highest BCUT2D eigenvalue weighted by molar-refractivity contribution is 7.89. The molecule has 1 heterocycles. The molecule has 0 unspecified atom stereocenters. The molecule has 1 aromatic rings. The molecule has 0 saturated heterocycles. The summed E-state index contributed by atoms with van der Waals surface area (Å²) in [6, 6.07) is 0.283. The lowest BCUT2D eigenvalue weighted by Crippen LogP contribution is -2.23. The Labute approximate surface area is 104 Å². The molecule has 0 bridgehead atoms. The fraction of sp³-hybridized carbons (Fsp3) is 0.375. The van der Waals surface area contributed by atoms with Crippen LogP contribution in [0.15, 0.2) is 11.0 Å². The summed E-state index contributed by atoms with van der Waals surface area (Å²) in [6.07, 6.45) is -8.72. The molecular formula is C8H8F5N3O2S. The van der Waals surface area contributed by atoms with Crippen LogP contribution >= 0.6 is 0 Å². The minimum Gasteiger partial charge on any atom is -0.325 e. The van der Waals surface area contributed by atoms with Gasteiger partial charge in [0.2, 0.25) is 10.0 Å². The van der Waals surface area contributed by atoms with E-state index in [1.807, 2.05) is 0 Å². The van der Waals surface area contributed by atoms with Crippen LogP contribution in [0.3, 0.4) is 0 Å². The molecule has 0 spiro atoms.